The van der Waals surface area contributed by atoms with Crippen LogP contribution >= 0.6 is 0 Å². The number of hydrogen-bond acceptors (Lipinski definition) is 6. The standard InChI is InChI=1S/C13H24N4O6/c1-4-22-10(19)13(2,3)23-12(21)15-8-6-5-7-14-11(20)17-16-9-18/h9H,4-8H2,1-3H3,(H,15,21)(H,16,18)(H2,14,17,20). The van der Waals surface area contributed by atoms with Crippen molar-refractivity contribution < 1.29 is 28.7 Å². The summed E-state index contributed by atoms with van der Waals surface area (Å²) in [4.78, 5) is 44.1. The molecule has 0 heterocycles. The van der Waals surface area contributed by atoms with Crippen LogP contribution in [0.25, 0.3) is 0 Å². The summed E-state index contributed by atoms with van der Waals surface area (Å²) in [6, 6.07) is -0.527. The topological polar surface area (TPSA) is 135 Å². The second-order valence-corrected chi connectivity index (χ2v) is 4.90. The number of carbonyl (C=O) groups is 4. The summed E-state index contributed by atoms with van der Waals surface area (Å²) in [5.74, 6) is -0.616. The zero-order valence-electron chi connectivity index (χ0n) is 13.6. The molecule has 0 spiro atoms. The van der Waals surface area contributed by atoms with Gasteiger partial charge in [0.2, 0.25) is 12.0 Å². The van der Waals surface area contributed by atoms with Crippen LogP contribution in [-0.2, 0) is 19.1 Å². The zero-order chi connectivity index (χ0) is 17.7. The molecule has 4 N–H and O–H groups in total. The molecule has 0 aromatic carbocycles. The van der Waals surface area contributed by atoms with Gasteiger partial charge in [0.15, 0.2) is 0 Å². The molecule has 0 fully saturated rings. The molecule has 0 radical (unpaired) electrons. The SMILES string of the molecule is CCOC(=O)C(C)(C)OC(=O)NCCCCNC(=O)NNC=O. The van der Waals surface area contributed by atoms with Gasteiger partial charge in [-0.1, -0.05) is 0 Å². The van der Waals surface area contributed by atoms with Gasteiger partial charge in [0.05, 0.1) is 6.61 Å². The molecule has 0 rings (SSSR count). The smallest absolute Gasteiger partial charge is 0.408 e. The number of esters is 1. The van der Waals surface area contributed by atoms with E-state index in [1.807, 2.05) is 5.43 Å². The van der Waals surface area contributed by atoms with Crippen molar-refractivity contribution in [3.05, 3.63) is 0 Å². The molecule has 0 aliphatic rings. The van der Waals surface area contributed by atoms with E-state index in [4.69, 9.17) is 9.47 Å². The molecule has 0 aliphatic carbocycles. The minimum atomic E-state index is -1.36. The third-order valence-corrected chi connectivity index (χ3v) is 2.52. The highest BCUT2D eigenvalue weighted by atomic mass is 16.6. The Morgan fingerprint density at radius 3 is 2.26 bits per heavy atom. The Balaban J connectivity index is 3.77. The Morgan fingerprint density at radius 2 is 1.70 bits per heavy atom. The largest absolute Gasteiger partial charge is 0.463 e. The Bertz CT molecular complexity index is 413. The molecule has 0 unspecified atom stereocenters. The van der Waals surface area contributed by atoms with Gasteiger partial charge >= 0.3 is 18.1 Å². The summed E-state index contributed by atoms with van der Waals surface area (Å²) in [7, 11) is 0. The van der Waals surface area contributed by atoms with Gasteiger partial charge in [-0.15, -0.1) is 0 Å². The van der Waals surface area contributed by atoms with Crippen molar-refractivity contribution in [2.24, 2.45) is 0 Å². The predicted molar refractivity (Wildman–Crippen MR) is 80.2 cm³/mol. The lowest BCUT2D eigenvalue weighted by atomic mass is 10.1. The van der Waals surface area contributed by atoms with Crippen LogP contribution in [0.15, 0.2) is 0 Å². The van der Waals surface area contributed by atoms with Crippen molar-refractivity contribution in [1.29, 1.82) is 0 Å². The van der Waals surface area contributed by atoms with Crippen molar-refractivity contribution in [2.75, 3.05) is 19.7 Å². The van der Waals surface area contributed by atoms with Crippen LogP contribution in [0.5, 0.6) is 0 Å². The van der Waals surface area contributed by atoms with Gasteiger partial charge in [-0.3, -0.25) is 10.2 Å². The molecule has 0 saturated heterocycles. The number of rotatable bonds is 10. The Morgan fingerprint density at radius 1 is 1.09 bits per heavy atom. The van der Waals surface area contributed by atoms with Gasteiger partial charge in [-0.25, -0.2) is 19.8 Å². The number of nitrogens with one attached hydrogen (secondary N) is 4. The molecular weight excluding hydrogens is 308 g/mol. The van der Waals surface area contributed by atoms with Crippen molar-refractivity contribution in [3.63, 3.8) is 0 Å². The average Bonchev–Trinajstić information content (AvgIpc) is 2.48. The van der Waals surface area contributed by atoms with Gasteiger partial charge in [-0.05, 0) is 33.6 Å². The Kier molecular flexibility index (Phi) is 9.88. The van der Waals surface area contributed by atoms with Crippen molar-refractivity contribution in [1.82, 2.24) is 21.5 Å². The Labute approximate surface area is 134 Å². The zero-order valence-corrected chi connectivity index (χ0v) is 13.6. The molecule has 0 aromatic rings. The summed E-state index contributed by atoms with van der Waals surface area (Å²) >= 11 is 0. The molecule has 4 amide bonds. The maximum atomic E-state index is 11.6. The number of carbonyl (C=O) groups excluding carboxylic acids is 4. The van der Waals surface area contributed by atoms with Crippen LogP contribution in [0.4, 0.5) is 9.59 Å². The number of hydrogen-bond donors (Lipinski definition) is 4. The lowest BCUT2D eigenvalue weighted by Crippen LogP contribution is -2.44. The molecule has 10 nitrogen and oxygen atoms in total. The normalized spacial score (nSPS) is 10.2. The third-order valence-electron chi connectivity index (χ3n) is 2.52. The average molecular weight is 332 g/mol. The van der Waals surface area contributed by atoms with Crippen molar-refractivity contribution in [3.8, 4) is 0 Å². The van der Waals surface area contributed by atoms with Crippen LogP contribution in [0.3, 0.4) is 0 Å². The first-order valence-electron chi connectivity index (χ1n) is 7.20. The molecular formula is C13H24N4O6. The molecule has 0 aliphatic heterocycles. The van der Waals surface area contributed by atoms with E-state index >= 15 is 0 Å². The highest BCUT2D eigenvalue weighted by Crippen LogP contribution is 2.11. The monoisotopic (exact) mass is 332 g/mol. The summed E-state index contributed by atoms with van der Waals surface area (Å²) in [5.41, 5.74) is 2.73. The van der Waals surface area contributed by atoms with E-state index in [1.54, 1.807) is 6.92 Å². The lowest BCUT2D eigenvalue weighted by Gasteiger charge is -2.22. The van der Waals surface area contributed by atoms with Gasteiger partial charge in [0, 0.05) is 13.1 Å². The molecule has 0 atom stereocenters. The minimum absolute atomic E-state index is 0.205. The van der Waals surface area contributed by atoms with Crippen molar-refractivity contribution in [2.45, 2.75) is 39.2 Å². The number of alkyl carbamates (subject to hydrolysis) is 1. The van der Waals surface area contributed by atoms with E-state index < -0.39 is 23.7 Å². The predicted octanol–water partition coefficient (Wildman–Crippen LogP) is -0.205. The fourth-order valence-electron chi connectivity index (χ4n) is 1.40. The van der Waals surface area contributed by atoms with E-state index in [0.29, 0.717) is 32.3 Å². The van der Waals surface area contributed by atoms with Crippen LogP contribution in [0, 0.1) is 0 Å². The van der Waals surface area contributed by atoms with E-state index in [-0.39, 0.29) is 6.61 Å². The number of hydrazine groups is 1. The fourth-order valence-corrected chi connectivity index (χ4v) is 1.40. The first-order chi connectivity index (χ1) is 10.8. The highest BCUT2D eigenvalue weighted by molar-refractivity contribution is 5.82. The van der Waals surface area contributed by atoms with Crippen LogP contribution in [0.1, 0.15) is 33.6 Å². The van der Waals surface area contributed by atoms with E-state index in [1.165, 1.54) is 13.8 Å². The molecule has 23 heavy (non-hydrogen) atoms. The van der Waals surface area contributed by atoms with Gasteiger partial charge in [-0.2, -0.15) is 0 Å². The number of unbranched alkanes of at least 4 members (excludes halogenated alkanes) is 1. The number of ether oxygens (including phenoxy) is 2. The fraction of sp³-hybridized carbons (Fsp3) is 0.692. The molecule has 132 valence electrons. The van der Waals surface area contributed by atoms with Crippen LogP contribution in [0.2, 0.25) is 0 Å². The maximum Gasteiger partial charge on any atom is 0.408 e. The lowest BCUT2D eigenvalue weighted by molar-refractivity contribution is -0.161. The van der Waals surface area contributed by atoms with Gasteiger partial charge in [0.25, 0.3) is 0 Å². The molecule has 0 bridgehead atoms. The summed E-state index contributed by atoms with van der Waals surface area (Å²) < 4.78 is 9.79. The number of amides is 4. The summed E-state index contributed by atoms with van der Waals surface area (Å²) in [6.07, 6.45) is 0.822. The summed E-state index contributed by atoms with van der Waals surface area (Å²) in [5, 5.41) is 5.00. The van der Waals surface area contributed by atoms with Crippen LogP contribution in [-0.4, -0.2) is 49.8 Å². The van der Waals surface area contributed by atoms with Crippen molar-refractivity contribution >= 4 is 24.5 Å². The molecule has 0 aromatic heterocycles. The van der Waals surface area contributed by atoms with Gasteiger partial charge in [0.1, 0.15) is 0 Å². The first kappa shape index (κ1) is 20.5. The molecule has 10 heteroatoms. The Hall–Kier alpha value is -2.52. The minimum Gasteiger partial charge on any atom is -0.463 e. The summed E-state index contributed by atoms with van der Waals surface area (Å²) in [6.45, 7) is 5.46. The van der Waals surface area contributed by atoms with E-state index in [9.17, 15) is 19.2 Å². The molecule has 0 saturated carbocycles. The highest BCUT2D eigenvalue weighted by Gasteiger charge is 2.33. The second kappa shape index (κ2) is 11.1. The van der Waals surface area contributed by atoms with E-state index in [2.05, 4.69) is 16.1 Å². The number of urea groups is 1. The second-order valence-electron chi connectivity index (χ2n) is 4.90. The third kappa shape index (κ3) is 9.93. The first-order valence-corrected chi connectivity index (χ1v) is 7.20. The van der Waals surface area contributed by atoms with Crippen LogP contribution < -0.4 is 21.5 Å². The maximum absolute atomic E-state index is 11.6. The van der Waals surface area contributed by atoms with Gasteiger partial charge < -0.3 is 20.1 Å². The van der Waals surface area contributed by atoms with E-state index in [0.717, 1.165) is 0 Å². The quantitative estimate of drug-likeness (QED) is 0.189.